The van der Waals surface area contributed by atoms with Crippen molar-refractivity contribution in [2.24, 2.45) is 0 Å². The molecule has 2 heterocycles. The Hall–Kier alpha value is 0.726. The summed E-state index contributed by atoms with van der Waals surface area (Å²) in [6.07, 6.45) is -1.97. The topological polar surface area (TPSA) is 156 Å². The molecular weight excluding hydrogens is 541 g/mol. The fraction of sp³-hybridized carbons (Fsp3) is 0.857. The number of thiocarbonyl (C=S) groups is 2. The van der Waals surface area contributed by atoms with Gasteiger partial charge in [-0.05, 0) is 0 Å². The van der Waals surface area contributed by atoms with Crippen molar-refractivity contribution in [3.05, 3.63) is 0 Å². The summed E-state index contributed by atoms with van der Waals surface area (Å²) >= 11 is 19.1. The van der Waals surface area contributed by atoms with Crippen LogP contribution in [0.3, 0.4) is 0 Å². The van der Waals surface area contributed by atoms with E-state index in [0.717, 1.165) is 0 Å². The van der Waals surface area contributed by atoms with Crippen molar-refractivity contribution in [1.29, 1.82) is 0 Å². The zero-order valence-electron chi connectivity index (χ0n) is 16.4. The molecule has 0 aromatic heterocycles. The van der Waals surface area contributed by atoms with Crippen molar-refractivity contribution < 1.29 is 37.3 Å². The van der Waals surface area contributed by atoms with Crippen molar-refractivity contribution >= 4 is 101 Å². The molecule has 0 saturated carbocycles. The fourth-order valence-corrected chi connectivity index (χ4v) is 7.73. The zero-order chi connectivity index (χ0) is 23.3. The number of hydrogen-bond donors (Lipinski definition) is 4. The van der Waals surface area contributed by atoms with Crippen LogP contribution in [-0.2, 0) is 44.9 Å². The molecule has 176 valence electrons. The van der Waals surface area contributed by atoms with Gasteiger partial charge in [0.1, 0.15) is 0 Å². The average molecular weight is 565 g/mol. The maximum absolute atomic E-state index is 11.3. The van der Waals surface area contributed by atoms with Gasteiger partial charge in [0, 0.05) is 13.1 Å². The predicted octanol–water partition coefficient (Wildman–Crippen LogP) is -3.84. The van der Waals surface area contributed by atoms with Crippen LogP contribution in [0.4, 0.5) is 0 Å². The number of nitrogens with zero attached hydrogens (tertiary/aromatic N) is 2. The maximum Gasteiger partial charge on any atom is 2.00 e. The van der Waals surface area contributed by atoms with Gasteiger partial charge in [0.25, 0.3) is 0 Å². The first-order valence-electron chi connectivity index (χ1n) is 8.68. The van der Waals surface area contributed by atoms with Gasteiger partial charge in [0.05, 0.1) is 60.5 Å². The Morgan fingerprint density at radius 2 is 1.06 bits per heavy atom. The Kier molecular flexibility index (Phi) is 13.9. The maximum atomic E-state index is 11.3. The molecule has 2 rings (SSSR count). The molecule has 10 nitrogen and oxygen atoms in total. The van der Waals surface area contributed by atoms with Crippen molar-refractivity contribution in [3.63, 3.8) is 0 Å². The number of aliphatic hydroxyl groups excluding tert-OH is 4. The molecule has 0 aromatic carbocycles. The van der Waals surface area contributed by atoms with Crippen LogP contribution in [0.5, 0.6) is 0 Å². The van der Waals surface area contributed by atoms with Crippen LogP contribution < -0.4 is 0 Å². The molecule has 4 N–H and O–H groups in total. The van der Waals surface area contributed by atoms with Crippen LogP contribution in [-0.4, -0.2) is 152 Å². The molecule has 17 heteroatoms. The smallest absolute Gasteiger partial charge is 0.411 e. The third kappa shape index (κ3) is 9.85. The first kappa shape index (κ1) is 31.7. The molecule has 4 unspecified atom stereocenters. The third-order valence-corrected chi connectivity index (χ3v) is 8.87. The molecule has 0 bridgehead atoms. The van der Waals surface area contributed by atoms with Crippen molar-refractivity contribution in [3.8, 4) is 0 Å². The molecule has 0 radical (unpaired) electrons. The molecular formula is C14H24MgN2O8S6. The van der Waals surface area contributed by atoms with Crippen LogP contribution in [0.1, 0.15) is 0 Å². The van der Waals surface area contributed by atoms with Gasteiger partial charge in [-0.1, -0.05) is 8.64 Å². The second kappa shape index (κ2) is 13.6. The van der Waals surface area contributed by atoms with Crippen LogP contribution in [0.15, 0.2) is 0 Å². The zero-order valence-corrected chi connectivity index (χ0v) is 22.8. The van der Waals surface area contributed by atoms with E-state index >= 15 is 0 Å². The van der Waals surface area contributed by atoms with E-state index in [1.54, 1.807) is 0 Å². The van der Waals surface area contributed by atoms with Gasteiger partial charge >= 0.3 is 23.1 Å². The van der Waals surface area contributed by atoms with Crippen LogP contribution >= 0.6 is 24.4 Å². The van der Waals surface area contributed by atoms with Gasteiger partial charge in [-0.3, -0.25) is 0 Å². The first-order chi connectivity index (χ1) is 13.7. The monoisotopic (exact) mass is 564 g/mol. The van der Waals surface area contributed by atoms with Gasteiger partial charge in [0.2, 0.25) is 0 Å². The summed E-state index contributed by atoms with van der Waals surface area (Å²) in [6.45, 7) is -0.0563. The Bertz CT molecular complexity index is 759. The van der Waals surface area contributed by atoms with Gasteiger partial charge in [-0.2, -0.15) is 0 Å². The van der Waals surface area contributed by atoms with Crippen LogP contribution in [0, 0.1) is 0 Å². The van der Waals surface area contributed by atoms with E-state index in [1.165, 1.54) is 9.80 Å². The van der Waals surface area contributed by atoms with E-state index in [4.69, 9.17) is 59.9 Å². The number of aliphatic hydroxyl groups is 4. The molecule has 2 aliphatic heterocycles. The van der Waals surface area contributed by atoms with E-state index in [9.17, 15) is 27.0 Å². The molecule has 0 aromatic rings. The fourth-order valence-electron chi connectivity index (χ4n) is 3.22. The van der Waals surface area contributed by atoms with E-state index in [1.807, 2.05) is 0 Å². The largest absolute Gasteiger partial charge is 2.00 e. The molecule has 4 atom stereocenters. The van der Waals surface area contributed by atoms with Crippen LogP contribution in [0.2, 0.25) is 0 Å². The summed E-state index contributed by atoms with van der Waals surface area (Å²) in [5.41, 5.74) is 0. The van der Waals surface area contributed by atoms with Gasteiger partial charge < -0.3 is 79.9 Å². The summed E-state index contributed by atoms with van der Waals surface area (Å²) in [7, 11) is -6.44. The minimum Gasteiger partial charge on any atom is -0.411 e. The van der Waals surface area contributed by atoms with E-state index in [0.29, 0.717) is 0 Å². The standard InChI is InChI=1S/2C7H13NO4S3.Mg/c2*9-2-1-8(7(13)14)5-3-15(11,12)4-6(5)10;/h2*5-6,9-10H,1-4H2,(H,13,14);/q;;+2/p-2. The van der Waals surface area contributed by atoms with Gasteiger partial charge in [0.15, 0.2) is 19.7 Å². The molecule has 2 fully saturated rings. The summed E-state index contributed by atoms with van der Waals surface area (Å²) < 4.78 is 45.2. The van der Waals surface area contributed by atoms with E-state index < -0.39 is 44.0 Å². The second-order valence-corrected chi connectivity index (χ2v) is 13.2. The molecule has 31 heavy (non-hydrogen) atoms. The summed E-state index contributed by atoms with van der Waals surface area (Å²) in [4.78, 5) is 2.78. The van der Waals surface area contributed by atoms with Crippen molar-refractivity contribution in [2.45, 2.75) is 24.3 Å². The Balaban J connectivity index is 0.000000562. The van der Waals surface area contributed by atoms with E-state index in [2.05, 4.69) is 0 Å². The average Bonchev–Trinajstić information content (AvgIpc) is 3.03. The quantitative estimate of drug-likeness (QED) is 0.141. The van der Waals surface area contributed by atoms with Gasteiger partial charge in [-0.25, -0.2) is 16.8 Å². The molecule has 0 spiro atoms. The summed E-state index contributed by atoms with van der Waals surface area (Å²) in [6, 6.07) is -1.24. The minimum atomic E-state index is -3.22. The van der Waals surface area contributed by atoms with Gasteiger partial charge in [-0.15, -0.1) is 0 Å². The molecule has 0 amide bonds. The number of sulfone groups is 2. The predicted molar refractivity (Wildman–Crippen MR) is 130 cm³/mol. The third-order valence-electron chi connectivity index (χ3n) is 4.54. The summed E-state index contributed by atoms with van der Waals surface area (Å²) in [5.74, 6) is -0.856. The van der Waals surface area contributed by atoms with Crippen molar-refractivity contribution in [2.75, 3.05) is 49.3 Å². The number of rotatable bonds is 6. The van der Waals surface area contributed by atoms with Crippen molar-refractivity contribution in [1.82, 2.24) is 9.80 Å². The SMILES string of the molecule is O=S1(=O)CC(O)C(N(CCO)C(=S)[S-])C1.O=S1(=O)CC(O)C(N(CCO)C(=S)[S-])C1.[Mg+2]. The van der Waals surface area contributed by atoms with Crippen LogP contribution in [0.25, 0.3) is 0 Å². The summed E-state index contributed by atoms with van der Waals surface area (Å²) in [5, 5.41) is 36.7. The first-order valence-corrected chi connectivity index (χ1v) is 14.0. The Morgan fingerprint density at radius 3 is 1.23 bits per heavy atom. The Labute approximate surface area is 220 Å². The number of hydrogen-bond acceptors (Lipinski definition) is 12. The second-order valence-electron chi connectivity index (χ2n) is 6.79. The van der Waals surface area contributed by atoms with E-state index in [-0.39, 0.29) is 81.0 Å². The molecule has 2 aliphatic rings. The molecule has 2 saturated heterocycles. The molecule has 0 aliphatic carbocycles. The Morgan fingerprint density at radius 1 is 0.774 bits per heavy atom. The minimum absolute atomic E-state index is 0. The normalized spacial score (nSPS) is 28.0.